The van der Waals surface area contributed by atoms with Gasteiger partial charge in [-0.05, 0) is 65.9 Å². The van der Waals surface area contributed by atoms with Crippen LogP contribution in [0.15, 0.2) is 72.8 Å². The second-order valence-electron chi connectivity index (χ2n) is 10.7. The second kappa shape index (κ2) is 14.0. The van der Waals surface area contributed by atoms with Gasteiger partial charge in [-0.2, -0.15) is 41.3 Å². The molecule has 1 aliphatic rings. The third-order valence-electron chi connectivity index (χ3n) is 7.16. The quantitative estimate of drug-likeness (QED) is 0.179. The Bertz CT molecular complexity index is 1640. The molecule has 3 aromatic carbocycles. The molecule has 0 unspecified atom stereocenters. The van der Waals surface area contributed by atoms with Gasteiger partial charge < -0.3 is 20.3 Å². The number of carbonyl (C=O) groups excluding carboxylic acids is 1. The highest BCUT2D eigenvalue weighted by Gasteiger charge is 2.31. The zero-order valence-electron chi connectivity index (χ0n) is 24.5. The van der Waals surface area contributed by atoms with Crippen LogP contribution in [0.2, 0.25) is 0 Å². The first-order chi connectivity index (χ1) is 21.9. The number of benzene rings is 3. The third kappa shape index (κ3) is 9.08. The number of ether oxygens (including phenoxy) is 1. The number of hydrogen-bond donors (Lipinski definition) is 2. The number of anilines is 3. The molecule has 4 aromatic rings. The molecule has 0 spiro atoms. The van der Waals surface area contributed by atoms with E-state index in [1.807, 2.05) is 41.3 Å². The number of halogens is 6. The van der Waals surface area contributed by atoms with Crippen LogP contribution in [0, 0.1) is 0 Å². The number of rotatable bonds is 9. The average molecular weight is 645 g/mol. The van der Waals surface area contributed by atoms with Crippen molar-refractivity contribution in [3.63, 3.8) is 0 Å². The van der Waals surface area contributed by atoms with Crippen LogP contribution in [0.1, 0.15) is 47.2 Å². The van der Waals surface area contributed by atoms with E-state index in [-0.39, 0.29) is 30.0 Å². The number of amides is 1. The van der Waals surface area contributed by atoms with Gasteiger partial charge in [-0.3, -0.25) is 4.79 Å². The van der Waals surface area contributed by atoms with Crippen LogP contribution in [-0.2, 0) is 12.7 Å². The van der Waals surface area contributed by atoms with Crippen LogP contribution in [0.3, 0.4) is 0 Å². The molecule has 242 valence electrons. The summed E-state index contributed by atoms with van der Waals surface area (Å²) in [4.78, 5) is 26.6. The molecule has 0 saturated carbocycles. The molecular formula is C32H30F6N6O2. The second-order valence-corrected chi connectivity index (χ2v) is 10.7. The van der Waals surface area contributed by atoms with E-state index < -0.39 is 30.5 Å². The third-order valence-corrected chi connectivity index (χ3v) is 7.16. The maximum atomic E-state index is 13.2. The van der Waals surface area contributed by atoms with Crippen molar-refractivity contribution < 1.29 is 35.9 Å². The molecule has 1 aromatic heterocycles. The van der Waals surface area contributed by atoms with E-state index in [0.717, 1.165) is 67.6 Å². The Morgan fingerprint density at radius 1 is 0.783 bits per heavy atom. The molecule has 1 amide bonds. The lowest BCUT2D eigenvalue weighted by Crippen LogP contribution is -2.31. The summed E-state index contributed by atoms with van der Waals surface area (Å²) < 4.78 is 82.6. The minimum Gasteiger partial charge on any atom is -0.454 e. The summed E-state index contributed by atoms with van der Waals surface area (Å²) in [6.45, 7) is -0.0137. The van der Waals surface area contributed by atoms with Gasteiger partial charge in [0, 0.05) is 30.9 Å². The summed E-state index contributed by atoms with van der Waals surface area (Å²) in [6.07, 6.45) is -5.01. The van der Waals surface area contributed by atoms with Crippen LogP contribution >= 0.6 is 0 Å². The topological polar surface area (TPSA) is 92.3 Å². The minimum atomic E-state index is -4.67. The largest absolute Gasteiger partial charge is 0.454 e. The first-order valence-corrected chi connectivity index (χ1v) is 14.6. The summed E-state index contributed by atoms with van der Waals surface area (Å²) in [7, 11) is 0. The van der Waals surface area contributed by atoms with Crippen molar-refractivity contribution in [1.82, 2.24) is 19.9 Å². The van der Waals surface area contributed by atoms with Gasteiger partial charge in [0.25, 0.3) is 5.91 Å². The molecule has 8 nitrogen and oxygen atoms in total. The van der Waals surface area contributed by atoms with Gasteiger partial charge >= 0.3 is 18.4 Å². The highest BCUT2D eigenvalue weighted by atomic mass is 19.4. The summed E-state index contributed by atoms with van der Waals surface area (Å²) in [5.74, 6) is -0.467. The van der Waals surface area contributed by atoms with Crippen molar-refractivity contribution in [1.29, 1.82) is 0 Å². The van der Waals surface area contributed by atoms with Crippen molar-refractivity contribution in [3.05, 3.63) is 89.5 Å². The maximum Gasteiger partial charge on any atom is 0.422 e. The molecule has 2 heterocycles. The van der Waals surface area contributed by atoms with E-state index in [0.29, 0.717) is 5.56 Å². The SMILES string of the molecule is O=C(c1ccc(-c2cccc(CNc3nc(Nc4cccc(C(F)(F)F)c4)nc(OCC(F)(F)F)n3)c2)cc1)N1CCCCCC1. The standard InChI is InChI=1S/C32H30F6N6O2/c33-31(34,35)20-46-30-42-28(41-29(43-30)40-26-10-6-9-25(18-26)32(36,37)38)39-19-21-7-5-8-24(17-21)22-11-13-23(14-12-22)27(45)44-15-3-1-2-4-16-44/h5-14,17-18H,1-4,15-16,19-20H2,(H2,39,40,41,42,43). The molecular weight excluding hydrogens is 614 g/mol. The van der Waals surface area contributed by atoms with Crippen LogP contribution in [0.4, 0.5) is 43.9 Å². The lowest BCUT2D eigenvalue weighted by atomic mass is 10.0. The summed E-state index contributed by atoms with van der Waals surface area (Å²) >= 11 is 0. The predicted octanol–water partition coefficient (Wildman–Crippen LogP) is 7.87. The lowest BCUT2D eigenvalue weighted by molar-refractivity contribution is -0.154. The molecule has 0 bridgehead atoms. The Hall–Kier alpha value is -4.88. The van der Waals surface area contributed by atoms with E-state index in [1.165, 1.54) is 12.1 Å². The smallest absolute Gasteiger partial charge is 0.422 e. The molecule has 1 fully saturated rings. The molecule has 0 atom stereocenters. The first kappa shape index (κ1) is 32.5. The fourth-order valence-electron chi connectivity index (χ4n) is 4.91. The van der Waals surface area contributed by atoms with E-state index in [9.17, 15) is 31.1 Å². The number of carbonyl (C=O) groups is 1. The van der Waals surface area contributed by atoms with Crippen molar-refractivity contribution in [2.24, 2.45) is 0 Å². The molecule has 14 heteroatoms. The van der Waals surface area contributed by atoms with Crippen LogP contribution in [0.25, 0.3) is 11.1 Å². The van der Waals surface area contributed by atoms with Crippen molar-refractivity contribution >= 4 is 23.5 Å². The highest BCUT2D eigenvalue weighted by molar-refractivity contribution is 5.94. The monoisotopic (exact) mass is 644 g/mol. The fraction of sp³-hybridized carbons (Fsp3) is 0.312. The predicted molar refractivity (Wildman–Crippen MR) is 160 cm³/mol. The van der Waals surface area contributed by atoms with Gasteiger partial charge in [0.2, 0.25) is 11.9 Å². The molecule has 1 saturated heterocycles. The fourth-order valence-corrected chi connectivity index (χ4v) is 4.91. The maximum absolute atomic E-state index is 13.2. The van der Waals surface area contributed by atoms with Crippen molar-refractivity contribution in [2.75, 3.05) is 30.3 Å². The van der Waals surface area contributed by atoms with Crippen molar-refractivity contribution in [2.45, 2.75) is 44.6 Å². The summed E-state index contributed by atoms with van der Waals surface area (Å²) in [5.41, 5.74) is 2.16. The number of aromatic nitrogens is 3. The Morgan fingerprint density at radius 3 is 2.17 bits per heavy atom. The van der Waals surface area contributed by atoms with E-state index in [1.54, 1.807) is 12.1 Å². The minimum absolute atomic E-state index is 0.0178. The van der Waals surface area contributed by atoms with Crippen molar-refractivity contribution in [3.8, 4) is 17.1 Å². The lowest BCUT2D eigenvalue weighted by Gasteiger charge is -2.20. The number of likely N-dealkylation sites (tertiary alicyclic amines) is 1. The highest BCUT2D eigenvalue weighted by Crippen LogP contribution is 2.31. The van der Waals surface area contributed by atoms with E-state index in [4.69, 9.17) is 4.74 Å². The molecule has 1 aliphatic heterocycles. The van der Waals surface area contributed by atoms with Crippen LogP contribution in [0.5, 0.6) is 6.01 Å². The molecule has 5 rings (SSSR count). The first-order valence-electron chi connectivity index (χ1n) is 14.6. The molecule has 2 N–H and O–H groups in total. The van der Waals surface area contributed by atoms with Crippen LogP contribution in [-0.4, -0.2) is 51.6 Å². The number of nitrogens with zero attached hydrogens (tertiary/aromatic N) is 4. The zero-order chi connectivity index (χ0) is 32.7. The number of alkyl halides is 6. The van der Waals surface area contributed by atoms with Gasteiger partial charge in [-0.1, -0.05) is 49.2 Å². The number of nitrogens with one attached hydrogen (secondary N) is 2. The van der Waals surface area contributed by atoms with E-state index in [2.05, 4.69) is 25.6 Å². The Kier molecular flexibility index (Phi) is 9.93. The average Bonchev–Trinajstić information content (AvgIpc) is 3.32. The molecule has 0 aliphatic carbocycles. The van der Waals surface area contributed by atoms with Gasteiger partial charge in [-0.25, -0.2) is 0 Å². The van der Waals surface area contributed by atoms with E-state index >= 15 is 0 Å². The normalized spacial score (nSPS) is 14.0. The number of hydrogen-bond acceptors (Lipinski definition) is 7. The Morgan fingerprint density at radius 2 is 1.48 bits per heavy atom. The molecule has 0 radical (unpaired) electrons. The Balaban J connectivity index is 1.30. The van der Waals surface area contributed by atoms with Gasteiger partial charge in [0.1, 0.15) is 0 Å². The summed E-state index contributed by atoms with van der Waals surface area (Å²) in [5, 5.41) is 5.48. The zero-order valence-corrected chi connectivity index (χ0v) is 24.5. The van der Waals surface area contributed by atoms with Gasteiger partial charge in [0.15, 0.2) is 6.61 Å². The molecule has 46 heavy (non-hydrogen) atoms. The van der Waals surface area contributed by atoms with Gasteiger partial charge in [-0.15, -0.1) is 0 Å². The van der Waals surface area contributed by atoms with Gasteiger partial charge in [0.05, 0.1) is 5.56 Å². The summed E-state index contributed by atoms with van der Waals surface area (Å²) in [6, 6.07) is 18.3. The van der Waals surface area contributed by atoms with Crippen LogP contribution < -0.4 is 15.4 Å². The Labute approximate surface area is 260 Å².